The zero-order chi connectivity index (χ0) is 11.8. The van der Waals surface area contributed by atoms with Crippen LogP contribution in [-0.2, 0) is 0 Å². The van der Waals surface area contributed by atoms with Crippen LogP contribution in [0.2, 0.25) is 0 Å². The number of amides is 1. The monoisotopic (exact) mass is 227 g/mol. The highest BCUT2D eigenvalue weighted by molar-refractivity contribution is 5.94. The van der Waals surface area contributed by atoms with Crippen molar-refractivity contribution in [1.29, 1.82) is 0 Å². The molecule has 1 amide bonds. The number of nitrogens with one attached hydrogen (secondary N) is 1. The summed E-state index contributed by atoms with van der Waals surface area (Å²) in [7, 11) is 0. The summed E-state index contributed by atoms with van der Waals surface area (Å²) in [5, 5.41) is 0.965. The van der Waals surface area contributed by atoms with Crippen molar-refractivity contribution in [2.75, 3.05) is 0 Å². The van der Waals surface area contributed by atoms with Gasteiger partial charge in [0, 0.05) is 10.9 Å². The summed E-state index contributed by atoms with van der Waals surface area (Å²) < 4.78 is 5.41. The molecule has 3 rings (SSSR count). The van der Waals surface area contributed by atoms with Crippen LogP contribution in [0, 0.1) is 0 Å². The zero-order valence-electron chi connectivity index (χ0n) is 8.81. The van der Waals surface area contributed by atoms with Crippen molar-refractivity contribution in [1.82, 2.24) is 9.97 Å². The number of nitrogens with two attached hydrogens (primary N) is 1. The Bertz CT molecular complexity index is 696. The molecular formula is C12H9N3O2. The smallest absolute Gasteiger partial charge is 0.284 e. The van der Waals surface area contributed by atoms with Gasteiger partial charge in [-0.15, -0.1) is 0 Å². The fourth-order valence-electron chi connectivity index (χ4n) is 1.77. The first-order valence-corrected chi connectivity index (χ1v) is 5.07. The van der Waals surface area contributed by atoms with Crippen LogP contribution in [-0.4, -0.2) is 15.9 Å². The first-order valence-electron chi connectivity index (χ1n) is 5.07. The lowest BCUT2D eigenvalue weighted by atomic mass is 10.1. The Morgan fingerprint density at radius 1 is 1.35 bits per heavy atom. The highest BCUT2D eigenvalue weighted by Crippen LogP contribution is 2.28. The summed E-state index contributed by atoms with van der Waals surface area (Å²) >= 11 is 0. The lowest BCUT2D eigenvalue weighted by molar-refractivity contribution is 0.0991. The molecule has 0 saturated carbocycles. The quantitative estimate of drug-likeness (QED) is 0.701. The van der Waals surface area contributed by atoms with E-state index in [1.54, 1.807) is 12.5 Å². The largest absolute Gasteiger partial charge is 0.464 e. The van der Waals surface area contributed by atoms with Crippen LogP contribution in [0.15, 0.2) is 41.1 Å². The second-order valence-corrected chi connectivity index (χ2v) is 3.66. The van der Waals surface area contributed by atoms with E-state index in [9.17, 15) is 4.79 Å². The van der Waals surface area contributed by atoms with Crippen molar-refractivity contribution in [3.05, 3.63) is 42.5 Å². The van der Waals surface area contributed by atoms with Crippen LogP contribution < -0.4 is 5.73 Å². The van der Waals surface area contributed by atoms with Crippen molar-refractivity contribution in [3.8, 4) is 11.3 Å². The molecule has 0 fully saturated rings. The summed E-state index contributed by atoms with van der Waals surface area (Å²) in [6.07, 6.45) is 3.19. The molecule has 5 nitrogen and oxygen atoms in total. The molecule has 17 heavy (non-hydrogen) atoms. The molecule has 0 aliphatic rings. The van der Waals surface area contributed by atoms with Crippen LogP contribution in [0.1, 0.15) is 10.6 Å². The Kier molecular flexibility index (Phi) is 1.98. The molecule has 5 heteroatoms. The zero-order valence-corrected chi connectivity index (χ0v) is 8.81. The molecular weight excluding hydrogens is 218 g/mol. The van der Waals surface area contributed by atoms with Crippen LogP contribution in [0.5, 0.6) is 0 Å². The van der Waals surface area contributed by atoms with Crippen LogP contribution in [0.3, 0.4) is 0 Å². The van der Waals surface area contributed by atoms with E-state index in [1.807, 2.05) is 24.3 Å². The molecule has 0 atom stereocenters. The predicted octanol–water partition coefficient (Wildman–Crippen LogP) is 1.92. The van der Waals surface area contributed by atoms with Gasteiger partial charge in [0.25, 0.3) is 5.91 Å². The average molecular weight is 227 g/mol. The summed E-state index contributed by atoms with van der Waals surface area (Å²) in [6, 6.07) is 7.65. The predicted molar refractivity (Wildman–Crippen MR) is 62.3 cm³/mol. The number of imidazole rings is 1. The van der Waals surface area contributed by atoms with Gasteiger partial charge in [0.1, 0.15) is 11.8 Å². The molecule has 0 aliphatic carbocycles. The van der Waals surface area contributed by atoms with Gasteiger partial charge >= 0.3 is 0 Å². The first-order chi connectivity index (χ1) is 8.25. The average Bonchev–Trinajstić information content (AvgIpc) is 2.95. The number of furan rings is 1. The molecule has 0 spiro atoms. The number of carbonyl (C=O) groups is 1. The van der Waals surface area contributed by atoms with Crippen LogP contribution in [0.25, 0.3) is 22.2 Å². The maximum Gasteiger partial charge on any atom is 0.284 e. The topological polar surface area (TPSA) is 84.9 Å². The van der Waals surface area contributed by atoms with E-state index >= 15 is 0 Å². The number of rotatable bonds is 2. The summed E-state index contributed by atoms with van der Waals surface area (Å²) in [5.41, 5.74) is 7.50. The van der Waals surface area contributed by atoms with E-state index in [4.69, 9.17) is 10.2 Å². The van der Waals surface area contributed by atoms with Crippen molar-refractivity contribution < 1.29 is 9.21 Å². The number of hydrogen-bond acceptors (Lipinski definition) is 3. The van der Waals surface area contributed by atoms with Crippen molar-refractivity contribution in [2.45, 2.75) is 0 Å². The summed E-state index contributed by atoms with van der Waals surface area (Å²) in [5.74, 6) is -0.436. The second-order valence-electron chi connectivity index (χ2n) is 3.66. The minimum Gasteiger partial charge on any atom is -0.464 e. The molecule has 0 unspecified atom stereocenters. The number of carbonyl (C=O) groups excluding carboxylic acids is 1. The van der Waals surface area contributed by atoms with Crippen molar-refractivity contribution in [2.24, 2.45) is 5.73 Å². The number of fused-ring (bicyclic) bond motifs is 1. The van der Waals surface area contributed by atoms with Crippen molar-refractivity contribution in [3.63, 3.8) is 0 Å². The van der Waals surface area contributed by atoms with Gasteiger partial charge in [-0.1, -0.05) is 18.2 Å². The van der Waals surface area contributed by atoms with Crippen LogP contribution in [0.4, 0.5) is 0 Å². The Balaban J connectivity index is 2.17. The second kappa shape index (κ2) is 3.48. The number of hydrogen-bond donors (Lipinski definition) is 2. The summed E-state index contributed by atoms with van der Waals surface area (Å²) in [6.45, 7) is 0. The van der Waals surface area contributed by atoms with Gasteiger partial charge in [0.2, 0.25) is 0 Å². The van der Waals surface area contributed by atoms with E-state index in [0.29, 0.717) is 5.69 Å². The third-order valence-corrected chi connectivity index (χ3v) is 2.58. The van der Waals surface area contributed by atoms with Gasteiger partial charge in [0.15, 0.2) is 5.82 Å². The minimum atomic E-state index is -0.580. The van der Waals surface area contributed by atoms with E-state index in [1.165, 1.54) is 0 Å². The molecule has 84 valence electrons. The SMILES string of the molecule is NC(=O)c1ncc(-c2coc3ccccc23)[nH]1. The lowest BCUT2D eigenvalue weighted by Crippen LogP contribution is -2.12. The van der Waals surface area contributed by atoms with E-state index in [-0.39, 0.29) is 5.82 Å². The standard InChI is InChI=1S/C12H9N3O2/c13-11(16)12-14-5-9(15-12)8-6-17-10-4-2-1-3-7(8)10/h1-6H,(H2,13,16)(H,14,15). The van der Waals surface area contributed by atoms with E-state index < -0.39 is 5.91 Å². The normalized spacial score (nSPS) is 10.8. The fourth-order valence-corrected chi connectivity index (χ4v) is 1.77. The van der Waals surface area contributed by atoms with E-state index in [0.717, 1.165) is 16.5 Å². The number of aromatic amines is 1. The van der Waals surface area contributed by atoms with Crippen molar-refractivity contribution >= 4 is 16.9 Å². The third kappa shape index (κ3) is 1.48. The minimum absolute atomic E-state index is 0.144. The number of para-hydroxylation sites is 1. The van der Waals surface area contributed by atoms with Gasteiger partial charge in [0.05, 0.1) is 11.9 Å². The number of aromatic nitrogens is 2. The van der Waals surface area contributed by atoms with Crippen LogP contribution >= 0.6 is 0 Å². The Labute approximate surface area is 96.3 Å². The molecule has 0 radical (unpaired) electrons. The molecule has 0 bridgehead atoms. The third-order valence-electron chi connectivity index (χ3n) is 2.58. The molecule has 1 aromatic carbocycles. The van der Waals surface area contributed by atoms with E-state index in [2.05, 4.69) is 9.97 Å². The van der Waals surface area contributed by atoms with Gasteiger partial charge in [-0.25, -0.2) is 4.98 Å². The number of H-pyrrole nitrogens is 1. The Hall–Kier alpha value is -2.56. The first kappa shape index (κ1) is 9.65. The maximum absolute atomic E-state index is 11.0. The molecule has 0 saturated heterocycles. The number of benzene rings is 1. The van der Waals surface area contributed by atoms with Gasteiger partial charge in [-0.2, -0.15) is 0 Å². The highest BCUT2D eigenvalue weighted by atomic mass is 16.3. The Morgan fingerprint density at radius 3 is 2.94 bits per heavy atom. The number of nitrogens with zero attached hydrogens (tertiary/aromatic N) is 1. The maximum atomic E-state index is 11.0. The van der Waals surface area contributed by atoms with Gasteiger partial charge < -0.3 is 15.1 Å². The highest BCUT2D eigenvalue weighted by Gasteiger charge is 2.11. The molecule has 0 aliphatic heterocycles. The summed E-state index contributed by atoms with van der Waals surface area (Å²) in [4.78, 5) is 17.7. The molecule has 2 aromatic heterocycles. The molecule has 3 N–H and O–H groups in total. The lowest BCUT2D eigenvalue weighted by Gasteiger charge is -1.92. The van der Waals surface area contributed by atoms with Gasteiger partial charge in [-0.05, 0) is 6.07 Å². The molecule has 2 heterocycles. The number of primary amides is 1. The fraction of sp³-hybridized carbons (Fsp3) is 0. The Morgan fingerprint density at radius 2 is 2.18 bits per heavy atom. The van der Waals surface area contributed by atoms with Gasteiger partial charge in [-0.3, -0.25) is 4.79 Å². The molecule has 3 aromatic rings.